The molecular formula is C20H18ClN3OS. The summed E-state index contributed by atoms with van der Waals surface area (Å²) in [5.41, 5.74) is 4.06. The zero-order valence-corrected chi connectivity index (χ0v) is 15.8. The van der Waals surface area contributed by atoms with Crippen molar-refractivity contribution in [3.63, 3.8) is 0 Å². The highest BCUT2D eigenvalue weighted by atomic mass is 35.5. The van der Waals surface area contributed by atoms with Crippen LogP contribution in [0, 0.1) is 0 Å². The van der Waals surface area contributed by atoms with Crippen LogP contribution in [0.1, 0.15) is 28.9 Å². The van der Waals surface area contributed by atoms with Gasteiger partial charge in [0.2, 0.25) is 0 Å². The summed E-state index contributed by atoms with van der Waals surface area (Å²) >= 11 is 7.85. The van der Waals surface area contributed by atoms with Gasteiger partial charge in [0.1, 0.15) is 5.03 Å². The van der Waals surface area contributed by atoms with Crippen LogP contribution in [0.25, 0.3) is 0 Å². The summed E-state index contributed by atoms with van der Waals surface area (Å²) in [5.74, 6) is 0.711. The summed E-state index contributed by atoms with van der Waals surface area (Å²) in [7, 11) is 0. The van der Waals surface area contributed by atoms with Gasteiger partial charge >= 0.3 is 5.69 Å². The molecule has 0 spiro atoms. The topological polar surface area (TPSA) is 47.8 Å². The predicted molar refractivity (Wildman–Crippen MR) is 105 cm³/mol. The number of hydrogen-bond donors (Lipinski definition) is 0. The van der Waals surface area contributed by atoms with E-state index in [0.717, 1.165) is 46.3 Å². The minimum absolute atomic E-state index is 0.196. The molecule has 1 aliphatic carbocycles. The number of aromatic nitrogens is 3. The van der Waals surface area contributed by atoms with E-state index in [0.29, 0.717) is 12.3 Å². The lowest BCUT2D eigenvalue weighted by molar-refractivity contribution is 0.656. The van der Waals surface area contributed by atoms with E-state index in [1.165, 1.54) is 5.56 Å². The Hall–Kier alpha value is -2.11. The molecule has 0 aliphatic heterocycles. The number of pyridine rings is 1. The lowest BCUT2D eigenvalue weighted by Gasteiger charge is -2.14. The van der Waals surface area contributed by atoms with Crippen molar-refractivity contribution in [3.8, 4) is 0 Å². The molecule has 0 atom stereocenters. The van der Waals surface area contributed by atoms with Gasteiger partial charge in [-0.25, -0.2) is 4.79 Å². The Bertz CT molecular complexity index is 988. The number of benzene rings is 1. The minimum atomic E-state index is -0.196. The Morgan fingerprint density at radius 3 is 2.77 bits per heavy atom. The smallest absolute Gasteiger partial charge is 0.290 e. The molecule has 2 heterocycles. The molecule has 0 saturated heterocycles. The van der Waals surface area contributed by atoms with E-state index in [9.17, 15) is 4.79 Å². The number of rotatable bonds is 5. The summed E-state index contributed by atoms with van der Waals surface area (Å²) < 4.78 is 1.78. The van der Waals surface area contributed by atoms with Crippen LogP contribution in [-0.2, 0) is 25.1 Å². The van der Waals surface area contributed by atoms with Gasteiger partial charge in [0.25, 0.3) is 0 Å². The van der Waals surface area contributed by atoms with E-state index in [1.807, 2.05) is 42.5 Å². The molecule has 2 aromatic heterocycles. The normalized spacial score (nSPS) is 13.0. The second-order valence-electron chi connectivity index (χ2n) is 6.27. The lowest BCUT2D eigenvalue weighted by Crippen LogP contribution is -2.28. The SMILES string of the molecule is O=c1nc(SCc2ccccc2Cl)c2c(n1Cc1ccccn1)CCC2. The van der Waals surface area contributed by atoms with Crippen molar-refractivity contribution in [1.29, 1.82) is 0 Å². The molecule has 6 heteroatoms. The molecule has 4 nitrogen and oxygen atoms in total. The van der Waals surface area contributed by atoms with Gasteiger partial charge < -0.3 is 0 Å². The summed E-state index contributed by atoms with van der Waals surface area (Å²) in [6.45, 7) is 0.477. The molecule has 0 fully saturated rings. The van der Waals surface area contributed by atoms with Crippen LogP contribution in [0.5, 0.6) is 0 Å². The minimum Gasteiger partial charge on any atom is -0.290 e. The van der Waals surface area contributed by atoms with Crippen LogP contribution >= 0.6 is 23.4 Å². The molecule has 3 aromatic rings. The molecule has 0 bridgehead atoms. The highest BCUT2D eigenvalue weighted by molar-refractivity contribution is 7.98. The van der Waals surface area contributed by atoms with E-state index in [1.54, 1.807) is 22.5 Å². The molecule has 1 aliphatic rings. The molecule has 1 aromatic carbocycles. The molecule has 0 saturated carbocycles. The van der Waals surface area contributed by atoms with Crippen LogP contribution in [0.15, 0.2) is 58.5 Å². The average Bonchev–Trinajstić information content (AvgIpc) is 3.14. The van der Waals surface area contributed by atoms with Crippen LogP contribution in [0.2, 0.25) is 5.02 Å². The summed E-state index contributed by atoms with van der Waals surface area (Å²) in [5, 5.41) is 1.60. The summed E-state index contributed by atoms with van der Waals surface area (Å²) in [4.78, 5) is 21.4. The third-order valence-corrected chi connectivity index (χ3v) is 6.00. The van der Waals surface area contributed by atoms with Gasteiger partial charge in [-0.15, -0.1) is 11.8 Å². The van der Waals surface area contributed by atoms with Gasteiger partial charge in [0, 0.05) is 28.2 Å². The highest BCUT2D eigenvalue weighted by Crippen LogP contribution is 2.32. The Labute approximate surface area is 161 Å². The van der Waals surface area contributed by atoms with Gasteiger partial charge in [-0.1, -0.05) is 35.9 Å². The molecule has 0 amide bonds. The van der Waals surface area contributed by atoms with E-state index >= 15 is 0 Å². The standard InChI is InChI=1S/C20H18ClN3OS/c21-17-9-2-1-6-14(17)13-26-19-16-8-5-10-18(16)24(20(25)23-19)12-15-7-3-4-11-22-15/h1-4,6-7,9,11H,5,8,10,12-13H2. The van der Waals surface area contributed by atoms with E-state index in [-0.39, 0.29) is 5.69 Å². The van der Waals surface area contributed by atoms with Crippen molar-refractivity contribution in [1.82, 2.24) is 14.5 Å². The number of halogens is 1. The number of fused-ring (bicyclic) bond motifs is 1. The first-order chi connectivity index (χ1) is 12.7. The zero-order chi connectivity index (χ0) is 17.9. The fraction of sp³-hybridized carbons (Fsp3) is 0.250. The third kappa shape index (κ3) is 3.55. The lowest BCUT2D eigenvalue weighted by atomic mass is 10.2. The average molecular weight is 384 g/mol. The molecule has 4 rings (SSSR count). The third-order valence-electron chi connectivity index (χ3n) is 4.57. The van der Waals surface area contributed by atoms with Crippen molar-refractivity contribution in [3.05, 3.63) is 86.7 Å². The van der Waals surface area contributed by atoms with Gasteiger partial charge in [-0.2, -0.15) is 4.98 Å². The Balaban J connectivity index is 1.64. The quantitative estimate of drug-likeness (QED) is 0.491. The molecule has 26 heavy (non-hydrogen) atoms. The van der Waals surface area contributed by atoms with Crippen molar-refractivity contribution in [2.24, 2.45) is 0 Å². The van der Waals surface area contributed by atoms with Crippen molar-refractivity contribution < 1.29 is 0 Å². The van der Waals surface area contributed by atoms with E-state index in [4.69, 9.17) is 11.6 Å². The van der Waals surface area contributed by atoms with Gasteiger partial charge in [-0.05, 0) is 43.0 Å². The fourth-order valence-electron chi connectivity index (χ4n) is 3.28. The molecule has 0 N–H and O–H groups in total. The maximum Gasteiger partial charge on any atom is 0.349 e. The van der Waals surface area contributed by atoms with Crippen molar-refractivity contribution >= 4 is 23.4 Å². The largest absolute Gasteiger partial charge is 0.349 e. The van der Waals surface area contributed by atoms with Gasteiger partial charge in [-0.3, -0.25) is 9.55 Å². The first kappa shape index (κ1) is 17.3. The molecule has 0 unspecified atom stereocenters. The first-order valence-electron chi connectivity index (χ1n) is 8.61. The fourth-order valence-corrected chi connectivity index (χ4v) is 4.65. The van der Waals surface area contributed by atoms with E-state index < -0.39 is 0 Å². The summed E-state index contributed by atoms with van der Waals surface area (Å²) in [6.07, 6.45) is 4.69. The van der Waals surface area contributed by atoms with Crippen LogP contribution in [0.3, 0.4) is 0 Å². The molecular weight excluding hydrogens is 366 g/mol. The number of nitrogens with zero attached hydrogens (tertiary/aromatic N) is 3. The molecule has 0 radical (unpaired) electrons. The first-order valence-corrected chi connectivity index (χ1v) is 9.97. The van der Waals surface area contributed by atoms with Crippen molar-refractivity contribution in [2.75, 3.05) is 0 Å². The maximum atomic E-state index is 12.7. The maximum absolute atomic E-state index is 12.7. The molecule has 132 valence electrons. The van der Waals surface area contributed by atoms with Crippen molar-refractivity contribution in [2.45, 2.75) is 36.6 Å². The summed E-state index contributed by atoms with van der Waals surface area (Å²) in [6, 6.07) is 13.6. The Kier molecular flexibility index (Phi) is 5.09. The van der Waals surface area contributed by atoms with Crippen LogP contribution in [-0.4, -0.2) is 14.5 Å². The second kappa shape index (κ2) is 7.64. The van der Waals surface area contributed by atoms with E-state index in [2.05, 4.69) is 9.97 Å². The van der Waals surface area contributed by atoms with Crippen LogP contribution in [0.4, 0.5) is 0 Å². The predicted octanol–water partition coefficient (Wildman–Crippen LogP) is 4.12. The Morgan fingerprint density at radius 1 is 1.12 bits per heavy atom. The number of hydrogen-bond acceptors (Lipinski definition) is 4. The van der Waals surface area contributed by atoms with Gasteiger partial charge in [0.05, 0.1) is 12.2 Å². The zero-order valence-electron chi connectivity index (χ0n) is 14.2. The monoisotopic (exact) mass is 383 g/mol. The highest BCUT2D eigenvalue weighted by Gasteiger charge is 2.22. The van der Waals surface area contributed by atoms with Gasteiger partial charge in [0.15, 0.2) is 0 Å². The van der Waals surface area contributed by atoms with Crippen LogP contribution < -0.4 is 5.69 Å². The Morgan fingerprint density at radius 2 is 1.96 bits per heavy atom. The number of thioether (sulfide) groups is 1. The second-order valence-corrected chi connectivity index (χ2v) is 7.64.